The third kappa shape index (κ3) is 4.44. The van der Waals surface area contributed by atoms with E-state index in [9.17, 15) is 18.0 Å². The molecule has 0 aliphatic carbocycles. The molecule has 0 spiro atoms. The lowest BCUT2D eigenvalue weighted by atomic mass is 9.91. The summed E-state index contributed by atoms with van der Waals surface area (Å²) in [6.07, 6.45) is -3.80. The average Bonchev–Trinajstić information content (AvgIpc) is 2.83. The van der Waals surface area contributed by atoms with Crippen molar-refractivity contribution in [1.29, 1.82) is 5.41 Å². The van der Waals surface area contributed by atoms with Crippen LogP contribution in [0.4, 0.5) is 13.2 Å². The lowest BCUT2D eigenvalue weighted by molar-refractivity contribution is -0.137. The fraction of sp³-hybridized carbons (Fsp3) is 0.364. The summed E-state index contributed by atoms with van der Waals surface area (Å²) in [6.45, 7) is 6.02. The van der Waals surface area contributed by atoms with Crippen LogP contribution < -0.4 is 5.32 Å². The number of hydrogen-bond acceptors (Lipinski definition) is 2. The van der Waals surface area contributed by atoms with Gasteiger partial charge in [-0.25, -0.2) is 0 Å². The van der Waals surface area contributed by atoms with E-state index in [1.54, 1.807) is 37.3 Å². The van der Waals surface area contributed by atoms with Crippen LogP contribution in [-0.2, 0) is 17.5 Å². The summed E-state index contributed by atoms with van der Waals surface area (Å²) in [5.74, 6) is 0.164. The quantitative estimate of drug-likeness (QED) is 0.735. The summed E-state index contributed by atoms with van der Waals surface area (Å²) >= 11 is 0. The van der Waals surface area contributed by atoms with Gasteiger partial charge in [0.25, 0.3) is 5.91 Å². The summed E-state index contributed by atoms with van der Waals surface area (Å²) in [5.41, 5.74) is 0.306. The molecule has 1 aliphatic heterocycles. The summed E-state index contributed by atoms with van der Waals surface area (Å²) in [6, 6.07) is 12.2. The van der Waals surface area contributed by atoms with Gasteiger partial charge in [0.05, 0.1) is 12.1 Å². The number of halogens is 3. The number of carbonyl (C=O) groups excluding carboxylic acids is 1. The second-order valence-corrected chi connectivity index (χ2v) is 8.07. The summed E-state index contributed by atoms with van der Waals surface area (Å²) < 4.78 is 39.0. The minimum absolute atomic E-state index is 0.0441. The van der Waals surface area contributed by atoms with Crippen molar-refractivity contribution in [2.75, 3.05) is 0 Å². The van der Waals surface area contributed by atoms with Gasteiger partial charge in [-0.05, 0) is 54.2 Å². The van der Waals surface area contributed by atoms with E-state index in [4.69, 9.17) is 5.41 Å². The van der Waals surface area contributed by atoms with Crippen LogP contribution in [0.2, 0.25) is 0 Å². The van der Waals surface area contributed by atoms with Gasteiger partial charge >= 0.3 is 6.18 Å². The van der Waals surface area contributed by atoms with Crippen molar-refractivity contribution in [2.24, 2.45) is 5.92 Å². The normalized spacial score (nSPS) is 19.8. The topological polar surface area (TPSA) is 56.2 Å². The molecule has 0 aromatic heterocycles. The Bertz CT molecular complexity index is 939. The Morgan fingerprint density at radius 2 is 1.72 bits per heavy atom. The Hall–Kier alpha value is -2.83. The maximum atomic E-state index is 13.0. The van der Waals surface area contributed by atoms with Crippen LogP contribution in [0.25, 0.3) is 11.1 Å². The Balaban J connectivity index is 1.84. The van der Waals surface area contributed by atoms with Gasteiger partial charge in [-0.3, -0.25) is 15.1 Å². The third-order valence-corrected chi connectivity index (χ3v) is 4.99. The standard InChI is InChI=1S/C22H24F3N3O/c1-14(2)12-21(3)19(29)28(20(26)27-21)13-15-6-4-7-16(10-15)17-8-5-9-18(11-17)22(23,24)25/h4-11,14H,12-13H2,1-3H3,(H2,26,27). The lowest BCUT2D eigenvalue weighted by Crippen LogP contribution is -2.44. The van der Waals surface area contributed by atoms with Crippen LogP contribution in [0.3, 0.4) is 0 Å². The molecule has 1 heterocycles. The van der Waals surface area contributed by atoms with Crippen LogP contribution in [-0.4, -0.2) is 22.3 Å². The molecule has 3 rings (SSSR count). The molecule has 1 saturated heterocycles. The number of nitrogens with zero attached hydrogens (tertiary/aromatic N) is 1. The van der Waals surface area contributed by atoms with E-state index in [2.05, 4.69) is 5.32 Å². The molecule has 1 unspecified atom stereocenters. The predicted octanol–water partition coefficient (Wildman–Crippen LogP) is 5.04. The van der Waals surface area contributed by atoms with Gasteiger partial charge in [-0.15, -0.1) is 0 Å². The molecule has 2 N–H and O–H groups in total. The Labute approximate surface area is 168 Å². The minimum atomic E-state index is -4.41. The van der Waals surface area contributed by atoms with Crippen molar-refractivity contribution in [2.45, 2.75) is 45.5 Å². The van der Waals surface area contributed by atoms with E-state index in [0.29, 0.717) is 17.5 Å². The number of rotatable bonds is 5. The molecule has 2 aromatic carbocycles. The molecule has 1 fully saturated rings. The first-order valence-electron chi connectivity index (χ1n) is 9.45. The Kier molecular flexibility index (Phi) is 5.43. The van der Waals surface area contributed by atoms with Crippen molar-refractivity contribution in [3.63, 3.8) is 0 Å². The molecule has 4 nitrogen and oxygen atoms in total. The number of amides is 1. The molecule has 7 heteroatoms. The van der Waals surface area contributed by atoms with Crippen LogP contribution >= 0.6 is 0 Å². The zero-order valence-corrected chi connectivity index (χ0v) is 16.6. The molecule has 1 aliphatic rings. The number of carbonyl (C=O) groups is 1. The third-order valence-electron chi connectivity index (χ3n) is 4.99. The molecule has 29 heavy (non-hydrogen) atoms. The predicted molar refractivity (Wildman–Crippen MR) is 106 cm³/mol. The highest BCUT2D eigenvalue weighted by Crippen LogP contribution is 2.33. The summed E-state index contributed by atoms with van der Waals surface area (Å²) in [4.78, 5) is 14.3. The molecule has 1 atom stereocenters. The van der Waals surface area contributed by atoms with Gasteiger partial charge in [0.1, 0.15) is 5.54 Å². The van der Waals surface area contributed by atoms with Gasteiger partial charge in [-0.2, -0.15) is 13.2 Å². The van der Waals surface area contributed by atoms with Crippen LogP contribution in [0.5, 0.6) is 0 Å². The smallest absolute Gasteiger partial charge is 0.342 e. The van der Waals surface area contributed by atoms with Crippen LogP contribution in [0.15, 0.2) is 48.5 Å². The molecule has 2 aromatic rings. The van der Waals surface area contributed by atoms with E-state index in [1.807, 2.05) is 13.8 Å². The Morgan fingerprint density at radius 1 is 1.10 bits per heavy atom. The largest absolute Gasteiger partial charge is 0.416 e. The summed E-state index contributed by atoms with van der Waals surface area (Å²) in [7, 11) is 0. The van der Waals surface area contributed by atoms with E-state index in [1.165, 1.54) is 11.0 Å². The Morgan fingerprint density at radius 3 is 2.34 bits per heavy atom. The van der Waals surface area contributed by atoms with Gasteiger partial charge < -0.3 is 5.32 Å². The lowest BCUT2D eigenvalue weighted by Gasteiger charge is -2.24. The second kappa shape index (κ2) is 7.54. The van der Waals surface area contributed by atoms with Gasteiger partial charge in [0.15, 0.2) is 5.96 Å². The van der Waals surface area contributed by atoms with E-state index >= 15 is 0 Å². The van der Waals surface area contributed by atoms with Gasteiger partial charge in [-0.1, -0.05) is 44.2 Å². The highest BCUT2D eigenvalue weighted by atomic mass is 19.4. The molecular formula is C22H24F3N3O. The fourth-order valence-electron chi connectivity index (χ4n) is 3.79. The van der Waals surface area contributed by atoms with Gasteiger partial charge in [0, 0.05) is 0 Å². The molecular weight excluding hydrogens is 379 g/mol. The van der Waals surface area contributed by atoms with Crippen molar-refractivity contribution in [3.05, 3.63) is 59.7 Å². The van der Waals surface area contributed by atoms with Gasteiger partial charge in [0.2, 0.25) is 0 Å². The molecule has 154 valence electrons. The van der Waals surface area contributed by atoms with E-state index in [-0.39, 0.29) is 24.3 Å². The average molecular weight is 403 g/mol. The first-order valence-corrected chi connectivity index (χ1v) is 9.45. The zero-order valence-electron chi connectivity index (χ0n) is 16.6. The fourth-order valence-corrected chi connectivity index (χ4v) is 3.79. The van der Waals surface area contributed by atoms with Crippen molar-refractivity contribution in [1.82, 2.24) is 10.2 Å². The monoisotopic (exact) mass is 403 g/mol. The number of hydrogen-bond donors (Lipinski definition) is 2. The van der Waals surface area contributed by atoms with Crippen molar-refractivity contribution in [3.8, 4) is 11.1 Å². The first-order chi connectivity index (χ1) is 13.5. The zero-order chi connectivity index (χ0) is 21.4. The number of nitrogens with one attached hydrogen (secondary N) is 2. The number of benzene rings is 2. The van der Waals surface area contributed by atoms with E-state index < -0.39 is 17.3 Å². The molecule has 1 amide bonds. The first kappa shape index (κ1) is 20.9. The molecule has 0 radical (unpaired) electrons. The van der Waals surface area contributed by atoms with Crippen molar-refractivity contribution >= 4 is 11.9 Å². The maximum Gasteiger partial charge on any atom is 0.416 e. The highest BCUT2D eigenvalue weighted by molar-refractivity contribution is 6.07. The van der Waals surface area contributed by atoms with E-state index in [0.717, 1.165) is 17.7 Å². The molecule has 0 saturated carbocycles. The summed E-state index contributed by atoms with van der Waals surface area (Å²) in [5, 5.41) is 11.2. The second-order valence-electron chi connectivity index (χ2n) is 8.07. The highest BCUT2D eigenvalue weighted by Gasteiger charge is 2.45. The van der Waals surface area contributed by atoms with Crippen LogP contribution in [0, 0.1) is 11.3 Å². The SMILES string of the molecule is CC(C)CC1(C)NC(=N)N(Cc2cccc(-c3cccc(C(F)(F)F)c3)c2)C1=O. The minimum Gasteiger partial charge on any atom is -0.342 e. The number of guanidine groups is 1. The van der Waals surface area contributed by atoms with Crippen LogP contribution in [0.1, 0.15) is 38.3 Å². The molecule has 0 bridgehead atoms. The number of alkyl halides is 3. The maximum absolute atomic E-state index is 13.0. The van der Waals surface area contributed by atoms with Crippen molar-refractivity contribution < 1.29 is 18.0 Å².